The first-order valence-corrected chi connectivity index (χ1v) is 5.79. The minimum absolute atomic E-state index is 0.0900. The first-order valence-electron chi connectivity index (χ1n) is 5.79. The normalized spacial score (nSPS) is 23.2. The van der Waals surface area contributed by atoms with Crippen LogP contribution in [0.4, 0.5) is 10.1 Å². The molecule has 0 saturated carbocycles. The summed E-state index contributed by atoms with van der Waals surface area (Å²) >= 11 is 0. The minimum Gasteiger partial charge on any atom is -0.399 e. The van der Waals surface area contributed by atoms with E-state index in [1.54, 1.807) is 12.1 Å². The molecule has 1 aliphatic heterocycles. The predicted molar refractivity (Wildman–Crippen MR) is 68.2 cm³/mol. The van der Waals surface area contributed by atoms with Crippen molar-refractivity contribution in [1.29, 1.82) is 0 Å². The maximum absolute atomic E-state index is 13.7. The number of aliphatic imine (C=N–C) groups is 1. The number of hydrogen-bond acceptors (Lipinski definition) is 3. The van der Waals surface area contributed by atoms with Gasteiger partial charge in [-0.1, -0.05) is 13.8 Å². The van der Waals surface area contributed by atoms with E-state index in [-0.39, 0.29) is 17.3 Å². The average Bonchev–Trinajstić information content (AvgIpc) is 2.26. The minimum atomic E-state index is -0.263. The van der Waals surface area contributed by atoms with Crippen molar-refractivity contribution in [3.63, 3.8) is 0 Å². The fourth-order valence-electron chi connectivity index (χ4n) is 2.08. The Balaban J connectivity index is 2.37. The van der Waals surface area contributed by atoms with Crippen LogP contribution in [-0.4, -0.2) is 5.84 Å². The van der Waals surface area contributed by atoms with E-state index in [0.717, 1.165) is 12.8 Å². The molecule has 0 fully saturated rings. The van der Waals surface area contributed by atoms with Crippen molar-refractivity contribution in [3.05, 3.63) is 29.6 Å². The van der Waals surface area contributed by atoms with Gasteiger partial charge in [0.1, 0.15) is 11.7 Å². The highest BCUT2D eigenvalue weighted by molar-refractivity contribution is 5.86. The number of benzene rings is 1. The quantitative estimate of drug-likeness (QED) is 0.735. The highest BCUT2D eigenvalue weighted by atomic mass is 19.1. The Bertz CT molecular complexity index is 466. The first kappa shape index (κ1) is 11.9. The smallest absolute Gasteiger partial charge is 0.128 e. The zero-order chi connectivity index (χ0) is 12.6. The Kier molecular flexibility index (Phi) is 2.81. The lowest BCUT2D eigenvalue weighted by Gasteiger charge is -2.32. The second-order valence-electron chi connectivity index (χ2n) is 5.23. The average molecular weight is 235 g/mol. The molecule has 17 heavy (non-hydrogen) atoms. The molecule has 0 spiro atoms. The number of nitrogen functional groups attached to an aromatic ring is 1. The van der Waals surface area contributed by atoms with Crippen molar-refractivity contribution in [2.24, 2.45) is 16.1 Å². The lowest BCUT2D eigenvalue weighted by atomic mass is 9.81. The number of hydrogen-bond donors (Lipinski definition) is 2. The van der Waals surface area contributed by atoms with Crippen molar-refractivity contribution in [1.82, 2.24) is 0 Å². The number of nitrogens with zero attached hydrogens (tertiary/aromatic N) is 1. The van der Waals surface area contributed by atoms with E-state index >= 15 is 0 Å². The van der Waals surface area contributed by atoms with Crippen LogP contribution in [0.25, 0.3) is 0 Å². The molecule has 2 rings (SSSR count). The molecule has 1 aliphatic rings. The summed E-state index contributed by atoms with van der Waals surface area (Å²) in [5.41, 5.74) is 12.6. The monoisotopic (exact) mass is 235 g/mol. The molecule has 0 aliphatic carbocycles. The molecule has 4 heteroatoms. The van der Waals surface area contributed by atoms with Crippen molar-refractivity contribution in [3.8, 4) is 0 Å². The van der Waals surface area contributed by atoms with Gasteiger partial charge in [-0.15, -0.1) is 0 Å². The first-order chi connectivity index (χ1) is 7.90. The molecule has 1 atom stereocenters. The van der Waals surface area contributed by atoms with Crippen LogP contribution in [0.3, 0.4) is 0 Å². The van der Waals surface area contributed by atoms with Crippen molar-refractivity contribution >= 4 is 11.5 Å². The zero-order valence-corrected chi connectivity index (χ0v) is 10.2. The summed E-state index contributed by atoms with van der Waals surface area (Å²) in [6.45, 7) is 4.11. The van der Waals surface area contributed by atoms with Crippen LogP contribution in [0.1, 0.15) is 38.3 Å². The van der Waals surface area contributed by atoms with Gasteiger partial charge in [0.15, 0.2) is 0 Å². The van der Waals surface area contributed by atoms with Gasteiger partial charge in [0.2, 0.25) is 0 Å². The molecule has 0 amide bonds. The topological polar surface area (TPSA) is 64.4 Å². The van der Waals surface area contributed by atoms with E-state index in [0.29, 0.717) is 17.1 Å². The zero-order valence-electron chi connectivity index (χ0n) is 10.2. The van der Waals surface area contributed by atoms with Crippen molar-refractivity contribution in [2.45, 2.75) is 32.7 Å². The van der Waals surface area contributed by atoms with Crippen molar-refractivity contribution < 1.29 is 4.39 Å². The van der Waals surface area contributed by atoms with E-state index in [2.05, 4.69) is 18.8 Å². The maximum atomic E-state index is 13.7. The summed E-state index contributed by atoms with van der Waals surface area (Å²) in [5, 5.41) is 0. The van der Waals surface area contributed by atoms with Crippen LogP contribution >= 0.6 is 0 Å². The number of nitrogens with two attached hydrogens (primary N) is 2. The lowest BCUT2D eigenvalue weighted by molar-refractivity contribution is 0.391. The Labute approximate surface area is 101 Å². The molecule has 0 aromatic heterocycles. The molecule has 1 heterocycles. The molecular weight excluding hydrogens is 217 g/mol. The fraction of sp³-hybridized carbons (Fsp3) is 0.462. The van der Waals surface area contributed by atoms with Gasteiger partial charge >= 0.3 is 0 Å². The molecule has 0 saturated heterocycles. The number of halogens is 1. The molecular formula is C13H18FN3. The maximum Gasteiger partial charge on any atom is 0.128 e. The summed E-state index contributed by atoms with van der Waals surface area (Å²) in [6, 6.07) is 4.38. The Hall–Kier alpha value is -1.58. The van der Waals surface area contributed by atoms with Gasteiger partial charge < -0.3 is 11.5 Å². The number of rotatable bonds is 1. The van der Waals surface area contributed by atoms with E-state index < -0.39 is 0 Å². The molecule has 4 N–H and O–H groups in total. The number of amidine groups is 1. The Morgan fingerprint density at radius 2 is 2.06 bits per heavy atom. The predicted octanol–water partition coefficient (Wildman–Crippen LogP) is 2.63. The summed E-state index contributed by atoms with van der Waals surface area (Å²) in [7, 11) is 0. The van der Waals surface area contributed by atoms with Gasteiger partial charge in [0, 0.05) is 16.7 Å². The molecule has 92 valence electrons. The van der Waals surface area contributed by atoms with Gasteiger partial charge in [-0.05, 0) is 31.0 Å². The molecule has 1 aromatic rings. The van der Waals surface area contributed by atoms with E-state index in [1.807, 2.05) is 0 Å². The van der Waals surface area contributed by atoms with Crippen LogP contribution in [-0.2, 0) is 0 Å². The third-order valence-electron chi connectivity index (χ3n) is 3.41. The van der Waals surface area contributed by atoms with Gasteiger partial charge in [-0.3, -0.25) is 4.99 Å². The summed E-state index contributed by atoms with van der Waals surface area (Å²) in [6.07, 6.45) is 1.70. The lowest BCUT2D eigenvalue weighted by Crippen LogP contribution is -2.35. The Morgan fingerprint density at radius 1 is 1.35 bits per heavy atom. The fourth-order valence-corrected chi connectivity index (χ4v) is 2.08. The highest BCUT2D eigenvalue weighted by Gasteiger charge is 2.30. The second-order valence-corrected chi connectivity index (χ2v) is 5.23. The second kappa shape index (κ2) is 4.02. The van der Waals surface area contributed by atoms with Gasteiger partial charge in [0.25, 0.3) is 0 Å². The number of anilines is 1. The van der Waals surface area contributed by atoms with Gasteiger partial charge in [-0.2, -0.15) is 0 Å². The third kappa shape index (κ3) is 2.25. The van der Waals surface area contributed by atoms with Crippen LogP contribution in [0.15, 0.2) is 23.2 Å². The molecule has 0 bridgehead atoms. The molecule has 1 unspecified atom stereocenters. The SMILES string of the molecule is CC1(C)CCC(c2cc(N)ccc2F)N=C1N. The largest absolute Gasteiger partial charge is 0.399 e. The molecule has 1 aromatic carbocycles. The van der Waals surface area contributed by atoms with E-state index in [4.69, 9.17) is 11.5 Å². The van der Waals surface area contributed by atoms with Crippen LogP contribution in [0.5, 0.6) is 0 Å². The summed E-state index contributed by atoms with van der Waals surface area (Å²) in [5.74, 6) is 0.330. The van der Waals surface area contributed by atoms with Crippen LogP contribution in [0, 0.1) is 11.2 Å². The third-order valence-corrected chi connectivity index (χ3v) is 3.41. The van der Waals surface area contributed by atoms with E-state index in [1.165, 1.54) is 6.07 Å². The van der Waals surface area contributed by atoms with Gasteiger partial charge in [0.05, 0.1) is 6.04 Å². The van der Waals surface area contributed by atoms with Crippen LogP contribution in [0.2, 0.25) is 0 Å². The standard InChI is InChI=1S/C13H18FN3/c1-13(2)6-5-11(17-12(13)16)9-7-8(15)3-4-10(9)14/h3-4,7,11H,5-6,15H2,1-2H3,(H2,16,17). The van der Waals surface area contributed by atoms with Crippen LogP contribution < -0.4 is 11.5 Å². The highest BCUT2D eigenvalue weighted by Crippen LogP contribution is 2.37. The van der Waals surface area contributed by atoms with E-state index in [9.17, 15) is 4.39 Å². The Morgan fingerprint density at radius 3 is 2.71 bits per heavy atom. The molecule has 0 radical (unpaired) electrons. The van der Waals surface area contributed by atoms with Gasteiger partial charge in [-0.25, -0.2) is 4.39 Å². The molecule has 3 nitrogen and oxygen atoms in total. The summed E-state index contributed by atoms with van der Waals surface area (Å²) < 4.78 is 13.7. The summed E-state index contributed by atoms with van der Waals surface area (Å²) in [4.78, 5) is 4.41. The van der Waals surface area contributed by atoms with Crippen molar-refractivity contribution in [2.75, 3.05) is 5.73 Å².